The SMILES string of the molecule is Cc1ccc(N(C)S(=O)(=O)c2cccc(C(=O)OCc3cccc(Cl)c3)c2)cc1. The van der Waals surface area contributed by atoms with Gasteiger partial charge in [0, 0.05) is 12.1 Å². The number of sulfonamides is 1. The molecule has 0 radical (unpaired) electrons. The van der Waals surface area contributed by atoms with Gasteiger partial charge in [-0.3, -0.25) is 4.31 Å². The summed E-state index contributed by atoms with van der Waals surface area (Å²) in [6.45, 7) is 1.97. The summed E-state index contributed by atoms with van der Waals surface area (Å²) < 4.78 is 32.4. The number of aryl methyl sites for hydroxylation is 1. The molecule has 0 spiro atoms. The van der Waals surface area contributed by atoms with Crippen LogP contribution in [-0.2, 0) is 21.4 Å². The smallest absolute Gasteiger partial charge is 0.338 e. The zero-order valence-electron chi connectivity index (χ0n) is 16.0. The van der Waals surface area contributed by atoms with Gasteiger partial charge in [-0.1, -0.05) is 47.5 Å². The Labute approximate surface area is 175 Å². The van der Waals surface area contributed by atoms with E-state index in [4.69, 9.17) is 16.3 Å². The summed E-state index contributed by atoms with van der Waals surface area (Å²) in [5, 5.41) is 0.547. The Morgan fingerprint density at radius 3 is 2.38 bits per heavy atom. The first kappa shape index (κ1) is 20.9. The van der Waals surface area contributed by atoms with Crippen molar-refractivity contribution in [3.8, 4) is 0 Å². The Balaban J connectivity index is 1.78. The highest BCUT2D eigenvalue weighted by atomic mass is 35.5. The maximum absolute atomic E-state index is 13.0. The van der Waals surface area contributed by atoms with E-state index in [2.05, 4.69) is 0 Å². The molecule has 3 rings (SSSR count). The van der Waals surface area contributed by atoms with Crippen LogP contribution in [0.3, 0.4) is 0 Å². The molecule has 0 unspecified atom stereocenters. The molecule has 0 atom stereocenters. The molecule has 29 heavy (non-hydrogen) atoms. The average Bonchev–Trinajstić information content (AvgIpc) is 2.72. The summed E-state index contributed by atoms with van der Waals surface area (Å²) >= 11 is 5.93. The third-order valence-electron chi connectivity index (χ3n) is 4.38. The minimum atomic E-state index is -3.83. The van der Waals surface area contributed by atoms with Crippen molar-refractivity contribution in [2.75, 3.05) is 11.4 Å². The fourth-order valence-corrected chi connectivity index (χ4v) is 4.15. The van der Waals surface area contributed by atoms with E-state index in [1.54, 1.807) is 36.4 Å². The molecule has 0 amide bonds. The van der Waals surface area contributed by atoms with E-state index in [0.29, 0.717) is 10.7 Å². The summed E-state index contributed by atoms with van der Waals surface area (Å²) in [4.78, 5) is 12.4. The van der Waals surface area contributed by atoms with Crippen LogP contribution in [0.5, 0.6) is 0 Å². The average molecular weight is 430 g/mol. The Hall–Kier alpha value is -2.83. The molecular weight excluding hydrogens is 410 g/mol. The molecule has 5 nitrogen and oxygen atoms in total. The number of esters is 1. The Morgan fingerprint density at radius 2 is 1.69 bits per heavy atom. The van der Waals surface area contributed by atoms with E-state index in [9.17, 15) is 13.2 Å². The number of benzene rings is 3. The number of carbonyl (C=O) groups is 1. The number of hydrogen-bond donors (Lipinski definition) is 0. The molecule has 0 aliphatic carbocycles. The molecule has 0 saturated carbocycles. The fraction of sp³-hybridized carbons (Fsp3) is 0.136. The molecule has 0 saturated heterocycles. The van der Waals surface area contributed by atoms with Crippen molar-refractivity contribution in [3.05, 3.63) is 94.5 Å². The van der Waals surface area contributed by atoms with Crippen LogP contribution in [0.4, 0.5) is 5.69 Å². The number of rotatable bonds is 6. The predicted molar refractivity (Wildman–Crippen MR) is 114 cm³/mol. The van der Waals surface area contributed by atoms with Crippen LogP contribution in [0.25, 0.3) is 0 Å². The van der Waals surface area contributed by atoms with Crippen molar-refractivity contribution in [2.45, 2.75) is 18.4 Å². The normalized spacial score (nSPS) is 11.1. The second-order valence-electron chi connectivity index (χ2n) is 6.54. The van der Waals surface area contributed by atoms with Gasteiger partial charge in [0.15, 0.2) is 0 Å². The van der Waals surface area contributed by atoms with Crippen LogP contribution in [0.2, 0.25) is 5.02 Å². The molecule has 3 aromatic rings. The molecular formula is C22H20ClNO4S. The van der Waals surface area contributed by atoms with Crippen molar-refractivity contribution in [1.82, 2.24) is 0 Å². The largest absolute Gasteiger partial charge is 0.457 e. The molecule has 0 aliphatic rings. The topological polar surface area (TPSA) is 63.7 Å². The van der Waals surface area contributed by atoms with Crippen LogP contribution >= 0.6 is 11.6 Å². The lowest BCUT2D eigenvalue weighted by atomic mass is 10.2. The zero-order chi connectivity index (χ0) is 21.0. The first-order valence-electron chi connectivity index (χ1n) is 8.84. The van der Waals surface area contributed by atoms with E-state index in [0.717, 1.165) is 11.1 Å². The lowest BCUT2D eigenvalue weighted by Crippen LogP contribution is -2.26. The Kier molecular flexibility index (Phi) is 6.25. The van der Waals surface area contributed by atoms with Crippen LogP contribution in [-0.4, -0.2) is 21.4 Å². The highest BCUT2D eigenvalue weighted by molar-refractivity contribution is 7.92. The van der Waals surface area contributed by atoms with Crippen LogP contribution in [0, 0.1) is 6.92 Å². The molecule has 0 N–H and O–H groups in total. The standard InChI is InChI=1S/C22H20ClNO4S/c1-16-9-11-20(12-10-16)24(2)29(26,27)21-8-4-6-18(14-21)22(25)28-15-17-5-3-7-19(23)13-17/h3-14H,15H2,1-2H3. The second-order valence-corrected chi connectivity index (χ2v) is 8.95. The number of hydrogen-bond acceptors (Lipinski definition) is 4. The molecule has 0 bridgehead atoms. The van der Waals surface area contributed by atoms with Gasteiger partial charge in [0.1, 0.15) is 6.61 Å². The van der Waals surface area contributed by atoms with Gasteiger partial charge in [0.25, 0.3) is 10.0 Å². The Bertz CT molecular complexity index is 1130. The lowest BCUT2D eigenvalue weighted by Gasteiger charge is -2.20. The summed E-state index contributed by atoms with van der Waals surface area (Å²) in [7, 11) is -2.35. The maximum atomic E-state index is 13.0. The monoisotopic (exact) mass is 429 g/mol. The third-order valence-corrected chi connectivity index (χ3v) is 6.40. The number of nitrogens with zero attached hydrogens (tertiary/aromatic N) is 1. The third kappa shape index (κ3) is 4.96. The number of halogens is 1. The van der Waals surface area contributed by atoms with E-state index >= 15 is 0 Å². The van der Waals surface area contributed by atoms with Crippen molar-refractivity contribution in [2.24, 2.45) is 0 Å². The molecule has 3 aromatic carbocycles. The van der Waals surface area contributed by atoms with Gasteiger partial charge < -0.3 is 4.74 Å². The summed E-state index contributed by atoms with van der Waals surface area (Å²) in [6.07, 6.45) is 0. The molecule has 0 heterocycles. The number of ether oxygens (including phenoxy) is 1. The highest BCUT2D eigenvalue weighted by Crippen LogP contribution is 2.23. The van der Waals surface area contributed by atoms with Crippen LogP contribution < -0.4 is 4.31 Å². The fourth-order valence-electron chi connectivity index (χ4n) is 2.69. The van der Waals surface area contributed by atoms with Gasteiger partial charge in [0.2, 0.25) is 0 Å². The first-order valence-corrected chi connectivity index (χ1v) is 10.7. The first-order chi connectivity index (χ1) is 13.8. The second kappa shape index (κ2) is 8.68. The van der Waals surface area contributed by atoms with Gasteiger partial charge >= 0.3 is 5.97 Å². The van der Waals surface area contributed by atoms with Crippen molar-refractivity contribution < 1.29 is 17.9 Å². The molecule has 7 heteroatoms. The zero-order valence-corrected chi connectivity index (χ0v) is 17.6. The van der Waals surface area contributed by atoms with Gasteiger partial charge in [0.05, 0.1) is 16.1 Å². The van der Waals surface area contributed by atoms with E-state index in [1.807, 2.05) is 19.1 Å². The molecule has 0 fully saturated rings. The lowest BCUT2D eigenvalue weighted by molar-refractivity contribution is 0.0472. The van der Waals surface area contributed by atoms with Crippen molar-refractivity contribution in [1.29, 1.82) is 0 Å². The van der Waals surface area contributed by atoms with Gasteiger partial charge in [-0.05, 0) is 55.0 Å². The van der Waals surface area contributed by atoms with Gasteiger partial charge in [-0.25, -0.2) is 13.2 Å². The predicted octanol–water partition coefficient (Wildman–Crippen LogP) is 4.83. The van der Waals surface area contributed by atoms with Crippen molar-refractivity contribution >= 4 is 33.3 Å². The van der Waals surface area contributed by atoms with Gasteiger partial charge in [-0.2, -0.15) is 0 Å². The van der Waals surface area contributed by atoms with Crippen LogP contribution in [0.1, 0.15) is 21.5 Å². The van der Waals surface area contributed by atoms with E-state index < -0.39 is 16.0 Å². The van der Waals surface area contributed by atoms with Crippen LogP contribution in [0.15, 0.2) is 77.7 Å². The summed E-state index contributed by atoms with van der Waals surface area (Å²) in [6, 6.07) is 19.9. The minimum Gasteiger partial charge on any atom is -0.457 e. The number of carbonyl (C=O) groups excluding carboxylic acids is 1. The summed E-state index contributed by atoms with van der Waals surface area (Å²) in [5.74, 6) is -0.611. The molecule has 0 aliphatic heterocycles. The molecule has 150 valence electrons. The Morgan fingerprint density at radius 1 is 1.00 bits per heavy atom. The minimum absolute atomic E-state index is 0.0118. The highest BCUT2D eigenvalue weighted by Gasteiger charge is 2.22. The van der Waals surface area contributed by atoms with E-state index in [-0.39, 0.29) is 17.1 Å². The van der Waals surface area contributed by atoms with E-state index in [1.165, 1.54) is 35.6 Å². The van der Waals surface area contributed by atoms with Crippen molar-refractivity contribution in [3.63, 3.8) is 0 Å². The maximum Gasteiger partial charge on any atom is 0.338 e. The molecule has 0 aromatic heterocycles. The quantitative estimate of drug-likeness (QED) is 0.526. The summed E-state index contributed by atoms with van der Waals surface area (Å²) in [5.41, 5.74) is 2.47. The number of anilines is 1. The van der Waals surface area contributed by atoms with Gasteiger partial charge in [-0.15, -0.1) is 0 Å².